The minimum atomic E-state index is -0.0485. The van der Waals surface area contributed by atoms with Gasteiger partial charge in [0.2, 0.25) is 0 Å². The number of nitrogens with two attached hydrogens (primary N) is 1. The largest absolute Gasteiger partial charge is 0.398 e. The molecule has 0 saturated heterocycles. The van der Waals surface area contributed by atoms with Crippen LogP contribution in [0.1, 0.15) is 34.9 Å². The molecule has 5 heteroatoms. The highest BCUT2D eigenvalue weighted by Crippen LogP contribution is 2.18. The Labute approximate surface area is 123 Å². The Kier molecular flexibility index (Phi) is 4.39. The molecule has 0 fully saturated rings. The molecule has 4 nitrogen and oxygen atoms in total. The molecule has 2 rings (SSSR count). The van der Waals surface area contributed by atoms with Crippen molar-refractivity contribution in [3.63, 3.8) is 0 Å². The van der Waals surface area contributed by atoms with Crippen molar-refractivity contribution in [1.29, 1.82) is 0 Å². The summed E-state index contributed by atoms with van der Waals surface area (Å²) in [6.45, 7) is 6.39. The van der Waals surface area contributed by atoms with Crippen molar-refractivity contribution >= 4 is 22.9 Å². The van der Waals surface area contributed by atoms with Crippen LogP contribution in [0.3, 0.4) is 0 Å². The van der Waals surface area contributed by atoms with Crippen molar-refractivity contribution in [3.8, 4) is 0 Å². The third kappa shape index (κ3) is 3.17. The Balaban J connectivity index is 2.24. The lowest BCUT2D eigenvalue weighted by molar-refractivity contribution is 0.0685. The zero-order valence-electron chi connectivity index (χ0n) is 12.0. The number of hydrogen-bond donors (Lipinski definition) is 1. The number of carbonyl (C=O) groups is 1. The zero-order chi connectivity index (χ0) is 14.7. The van der Waals surface area contributed by atoms with E-state index in [2.05, 4.69) is 4.98 Å². The van der Waals surface area contributed by atoms with E-state index in [9.17, 15) is 4.79 Å². The third-order valence-corrected chi connectivity index (χ3v) is 3.89. The summed E-state index contributed by atoms with van der Waals surface area (Å²) >= 11 is 1.49. The summed E-state index contributed by atoms with van der Waals surface area (Å²) in [7, 11) is 0. The van der Waals surface area contributed by atoms with Gasteiger partial charge in [0.15, 0.2) is 0 Å². The number of thiazole rings is 1. The van der Waals surface area contributed by atoms with Crippen molar-refractivity contribution in [3.05, 3.63) is 45.9 Å². The Bertz CT molecular complexity index is 607. The lowest BCUT2D eigenvalue weighted by atomic mass is 10.1. The first-order valence-electron chi connectivity index (χ1n) is 6.55. The average Bonchev–Trinajstić information content (AvgIpc) is 2.83. The number of amides is 1. The Morgan fingerprint density at radius 1 is 1.40 bits per heavy atom. The number of aromatic nitrogens is 1. The fourth-order valence-electron chi connectivity index (χ4n) is 1.96. The predicted molar refractivity (Wildman–Crippen MR) is 82.7 cm³/mol. The maximum absolute atomic E-state index is 12.5. The number of aryl methyl sites for hydroxylation is 1. The summed E-state index contributed by atoms with van der Waals surface area (Å²) < 4.78 is 0. The summed E-state index contributed by atoms with van der Waals surface area (Å²) in [4.78, 5) is 18.6. The quantitative estimate of drug-likeness (QED) is 0.880. The van der Waals surface area contributed by atoms with Crippen molar-refractivity contribution in [2.24, 2.45) is 0 Å². The van der Waals surface area contributed by atoms with E-state index < -0.39 is 0 Å². The Hall–Kier alpha value is -1.88. The number of carbonyl (C=O) groups excluding carboxylic acids is 1. The fourth-order valence-corrected chi connectivity index (χ4v) is 2.55. The maximum atomic E-state index is 12.5. The van der Waals surface area contributed by atoms with Gasteiger partial charge in [-0.25, -0.2) is 4.98 Å². The van der Waals surface area contributed by atoms with Gasteiger partial charge in [-0.05, 0) is 32.4 Å². The lowest BCUT2D eigenvalue weighted by Gasteiger charge is -2.26. The van der Waals surface area contributed by atoms with Gasteiger partial charge in [-0.2, -0.15) is 0 Å². The molecule has 0 aliphatic carbocycles. The van der Waals surface area contributed by atoms with Crippen molar-refractivity contribution in [2.45, 2.75) is 33.4 Å². The zero-order valence-corrected chi connectivity index (χ0v) is 12.8. The van der Waals surface area contributed by atoms with E-state index in [0.29, 0.717) is 17.9 Å². The molecule has 0 aliphatic rings. The number of hydrogen-bond acceptors (Lipinski definition) is 4. The standard InChI is InChI=1S/C15H19N3OS/c1-10(2)18(8-12-6-4-5-7-13(12)16)15(19)14-9-20-11(3)17-14/h4-7,9-10H,8,16H2,1-3H3. The molecule has 0 radical (unpaired) electrons. The van der Waals surface area contributed by atoms with Gasteiger partial charge in [0, 0.05) is 23.7 Å². The van der Waals surface area contributed by atoms with Gasteiger partial charge in [0.25, 0.3) is 5.91 Å². The first kappa shape index (κ1) is 14.5. The molecule has 0 saturated carbocycles. The van der Waals surface area contributed by atoms with Gasteiger partial charge in [0.05, 0.1) is 5.01 Å². The minimum Gasteiger partial charge on any atom is -0.398 e. The van der Waals surface area contributed by atoms with Crippen LogP contribution in [0.25, 0.3) is 0 Å². The number of nitrogen functional groups attached to an aromatic ring is 1. The van der Waals surface area contributed by atoms with Crippen LogP contribution in [0.15, 0.2) is 29.6 Å². The highest BCUT2D eigenvalue weighted by molar-refractivity contribution is 7.09. The SMILES string of the molecule is Cc1nc(C(=O)N(Cc2ccccc2N)C(C)C)cs1. The molecule has 20 heavy (non-hydrogen) atoms. The van der Waals surface area contributed by atoms with Crippen molar-refractivity contribution < 1.29 is 4.79 Å². The molecule has 0 atom stereocenters. The van der Waals surface area contributed by atoms with Gasteiger partial charge in [0.1, 0.15) is 5.69 Å². The van der Waals surface area contributed by atoms with Crippen LogP contribution in [0.2, 0.25) is 0 Å². The highest BCUT2D eigenvalue weighted by Gasteiger charge is 2.21. The van der Waals surface area contributed by atoms with Crippen molar-refractivity contribution in [2.75, 3.05) is 5.73 Å². The molecular formula is C15H19N3OS. The van der Waals surface area contributed by atoms with Gasteiger partial charge in [-0.3, -0.25) is 4.79 Å². The third-order valence-electron chi connectivity index (χ3n) is 3.12. The Morgan fingerprint density at radius 2 is 2.10 bits per heavy atom. The summed E-state index contributed by atoms with van der Waals surface area (Å²) in [5.74, 6) is -0.0485. The summed E-state index contributed by atoms with van der Waals surface area (Å²) in [5, 5.41) is 2.71. The van der Waals surface area contributed by atoms with E-state index in [1.54, 1.807) is 10.3 Å². The van der Waals surface area contributed by atoms with E-state index in [1.165, 1.54) is 11.3 Å². The molecule has 0 spiro atoms. The lowest BCUT2D eigenvalue weighted by Crippen LogP contribution is -2.36. The number of anilines is 1. The molecule has 0 aliphatic heterocycles. The smallest absolute Gasteiger partial charge is 0.273 e. The van der Waals surface area contributed by atoms with Gasteiger partial charge < -0.3 is 10.6 Å². The van der Waals surface area contributed by atoms with Gasteiger partial charge >= 0.3 is 0 Å². The summed E-state index contributed by atoms with van der Waals surface area (Å²) in [6, 6.07) is 7.71. The number of para-hydroxylation sites is 1. The molecule has 1 aromatic carbocycles. The van der Waals surface area contributed by atoms with Crippen LogP contribution < -0.4 is 5.73 Å². The second-order valence-electron chi connectivity index (χ2n) is 4.98. The highest BCUT2D eigenvalue weighted by atomic mass is 32.1. The van der Waals surface area contributed by atoms with Gasteiger partial charge in [-0.1, -0.05) is 18.2 Å². The fraction of sp³-hybridized carbons (Fsp3) is 0.333. The first-order chi connectivity index (χ1) is 9.49. The topological polar surface area (TPSA) is 59.2 Å². The second-order valence-corrected chi connectivity index (χ2v) is 6.04. The Morgan fingerprint density at radius 3 is 2.65 bits per heavy atom. The number of nitrogens with zero attached hydrogens (tertiary/aromatic N) is 2. The van der Waals surface area contributed by atoms with E-state index in [0.717, 1.165) is 10.6 Å². The molecule has 0 bridgehead atoms. The number of benzene rings is 1. The summed E-state index contributed by atoms with van der Waals surface area (Å²) in [6.07, 6.45) is 0. The second kappa shape index (κ2) is 6.05. The van der Waals surface area contributed by atoms with Crippen molar-refractivity contribution in [1.82, 2.24) is 9.88 Å². The van der Waals surface area contributed by atoms with Crippen LogP contribution in [0, 0.1) is 6.92 Å². The molecule has 1 amide bonds. The van der Waals surface area contributed by atoms with Crippen LogP contribution in [0.4, 0.5) is 5.69 Å². The summed E-state index contributed by atoms with van der Waals surface area (Å²) in [5.41, 5.74) is 8.14. The molecular weight excluding hydrogens is 270 g/mol. The van der Waals surface area contributed by atoms with Crippen LogP contribution in [0.5, 0.6) is 0 Å². The molecule has 2 aromatic rings. The molecule has 2 N–H and O–H groups in total. The van der Waals surface area contributed by atoms with E-state index >= 15 is 0 Å². The van der Waals surface area contributed by atoms with Crippen LogP contribution >= 0.6 is 11.3 Å². The van der Waals surface area contributed by atoms with Gasteiger partial charge in [-0.15, -0.1) is 11.3 Å². The molecule has 1 aromatic heterocycles. The maximum Gasteiger partial charge on any atom is 0.273 e. The van der Waals surface area contributed by atoms with E-state index in [4.69, 9.17) is 5.73 Å². The van der Waals surface area contributed by atoms with Crippen LogP contribution in [-0.2, 0) is 6.54 Å². The van der Waals surface area contributed by atoms with Crippen LogP contribution in [-0.4, -0.2) is 21.8 Å². The molecule has 0 unspecified atom stereocenters. The molecule has 106 valence electrons. The normalized spacial score (nSPS) is 10.8. The monoisotopic (exact) mass is 289 g/mol. The minimum absolute atomic E-state index is 0.0485. The average molecular weight is 289 g/mol. The molecule has 1 heterocycles. The predicted octanol–water partition coefficient (Wildman–Crippen LogP) is 3.08. The van der Waals surface area contributed by atoms with E-state index in [1.807, 2.05) is 45.0 Å². The number of rotatable bonds is 4. The first-order valence-corrected chi connectivity index (χ1v) is 7.43. The van der Waals surface area contributed by atoms with E-state index in [-0.39, 0.29) is 11.9 Å².